The fraction of sp³-hybridized carbons (Fsp3) is 0.200. The van der Waals surface area contributed by atoms with Crippen LogP contribution in [0.3, 0.4) is 0 Å². The van der Waals surface area contributed by atoms with E-state index in [1.807, 2.05) is 0 Å². The molecule has 2 heterocycles. The van der Waals surface area contributed by atoms with E-state index in [0.29, 0.717) is 11.5 Å². The van der Waals surface area contributed by atoms with Gasteiger partial charge in [-0.2, -0.15) is 5.10 Å². The second-order valence-electron chi connectivity index (χ2n) is 3.16. The first-order valence-corrected chi connectivity index (χ1v) is 4.80. The zero-order valence-corrected chi connectivity index (χ0v) is 8.79. The molecule has 0 aliphatic rings. The normalized spacial score (nSPS) is 10.1. The molecule has 82 valence electrons. The van der Waals surface area contributed by atoms with Crippen molar-refractivity contribution in [1.29, 1.82) is 0 Å². The zero-order valence-electron chi connectivity index (χ0n) is 8.79. The van der Waals surface area contributed by atoms with Gasteiger partial charge in [0.25, 0.3) is 5.56 Å². The van der Waals surface area contributed by atoms with Crippen molar-refractivity contribution in [2.45, 2.75) is 6.54 Å². The van der Waals surface area contributed by atoms with Crippen LogP contribution in [0.1, 0.15) is 5.82 Å². The van der Waals surface area contributed by atoms with Gasteiger partial charge < -0.3 is 5.32 Å². The molecule has 0 bridgehead atoms. The topological polar surface area (TPSA) is 72.7 Å². The number of anilines is 1. The second-order valence-corrected chi connectivity index (χ2v) is 3.16. The van der Waals surface area contributed by atoms with E-state index in [4.69, 9.17) is 0 Å². The minimum absolute atomic E-state index is 0.181. The van der Waals surface area contributed by atoms with E-state index in [-0.39, 0.29) is 12.1 Å². The Morgan fingerprint density at radius 1 is 1.38 bits per heavy atom. The molecule has 0 amide bonds. The van der Waals surface area contributed by atoms with Crippen molar-refractivity contribution < 1.29 is 0 Å². The Morgan fingerprint density at radius 3 is 2.75 bits per heavy atom. The van der Waals surface area contributed by atoms with E-state index in [2.05, 4.69) is 20.4 Å². The van der Waals surface area contributed by atoms with E-state index in [9.17, 15) is 4.79 Å². The molecule has 2 rings (SSSR count). The molecule has 0 aliphatic carbocycles. The van der Waals surface area contributed by atoms with Crippen LogP contribution < -0.4 is 10.9 Å². The molecule has 0 unspecified atom stereocenters. The molecule has 16 heavy (non-hydrogen) atoms. The highest BCUT2D eigenvalue weighted by molar-refractivity contribution is 5.37. The lowest BCUT2D eigenvalue weighted by Crippen LogP contribution is -2.23. The Morgan fingerprint density at radius 2 is 2.12 bits per heavy atom. The first-order valence-electron chi connectivity index (χ1n) is 4.80. The van der Waals surface area contributed by atoms with Crippen molar-refractivity contribution in [3.8, 4) is 0 Å². The maximum absolute atomic E-state index is 11.6. The van der Waals surface area contributed by atoms with Gasteiger partial charge in [0.15, 0.2) is 0 Å². The molecule has 1 N–H and O–H groups in total. The number of nitrogens with one attached hydrogen (secondary N) is 1. The third-order valence-electron chi connectivity index (χ3n) is 2.07. The maximum Gasteiger partial charge on any atom is 0.269 e. The molecule has 0 saturated heterocycles. The summed E-state index contributed by atoms with van der Waals surface area (Å²) in [7, 11) is 1.74. The maximum atomic E-state index is 11.6. The molecule has 6 nitrogen and oxygen atoms in total. The highest BCUT2D eigenvalue weighted by atomic mass is 16.1. The standard InChI is InChI=1S/C10H11N5O/c1-11-8-5-10(16)15(14-6-8)7-9-12-3-2-4-13-9/h2-6,11H,7H2,1H3. The predicted molar refractivity (Wildman–Crippen MR) is 59.2 cm³/mol. The largest absolute Gasteiger partial charge is 0.387 e. The summed E-state index contributed by atoms with van der Waals surface area (Å²) in [5, 5.41) is 6.86. The number of aromatic nitrogens is 4. The van der Waals surface area contributed by atoms with E-state index in [1.165, 1.54) is 10.7 Å². The summed E-state index contributed by atoms with van der Waals surface area (Å²) >= 11 is 0. The first-order chi connectivity index (χ1) is 7.79. The molecule has 0 atom stereocenters. The smallest absolute Gasteiger partial charge is 0.269 e. The van der Waals surface area contributed by atoms with Crippen LogP contribution in [0.25, 0.3) is 0 Å². The fourth-order valence-corrected chi connectivity index (χ4v) is 1.23. The molecule has 0 fully saturated rings. The Bertz CT molecular complexity index is 522. The molecule has 0 aliphatic heterocycles. The van der Waals surface area contributed by atoms with Crippen LogP contribution in [0.4, 0.5) is 5.69 Å². The highest BCUT2D eigenvalue weighted by Crippen LogP contribution is 1.97. The predicted octanol–water partition coefficient (Wildman–Crippen LogP) is 0.123. The number of hydrogen-bond donors (Lipinski definition) is 1. The number of nitrogens with zero attached hydrogens (tertiary/aromatic N) is 4. The average molecular weight is 217 g/mol. The van der Waals surface area contributed by atoms with Gasteiger partial charge in [0.2, 0.25) is 0 Å². The Balaban J connectivity index is 2.26. The van der Waals surface area contributed by atoms with Crippen molar-refractivity contribution in [3.63, 3.8) is 0 Å². The van der Waals surface area contributed by atoms with E-state index in [1.54, 1.807) is 31.7 Å². The van der Waals surface area contributed by atoms with E-state index < -0.39 is 0 Å². The highest BCUT2D eigenvalue weighted by Gasteiger charge is 2.01. The van der Waals surface area contributed by atoms with E-state index in [0.717, 1.165) is 0 Å². The summed E-state index contributed by atoms with van der Waals surface area (Å²) in [5.74, 6) is 0.564. The van der Waals surface area contributed by atoms with Crippen molar-refractivity contribution in [1.82, 2.24) is 19.7 Å². The SMILES string of the molecule is CNc1cnn(Cc2ncccn2)c(=O)c1. The van der Waals surface area contributed by atoms with Crippen LogP contribution in [-0.4, -0.2) is 26.8 Å². The Labute approximate surface area is 92.0 Å². The third kappa shape index (κ3) is 2.22. The summed E-state index contributed by atoms with van der Waals surface area (Å²) < 4.78 is 1.32. The van der Waals surface area contributed by atoms with Gasteiger partial charge >= 0.3 is 0 Å². The summed E-state index contributed by atoms with van der Waals surface area (Å²) in [6, 6.07) is 3.21. The molecule has 0 spiro atoms. The summed E-state index contributed by atoms with van der Waals surface area (Å²) in [4.78, 5) is 19.7. The van der Waals surface area contributed by atoms with Gasteiger partial charge in [0.1, 0.15) is 12.4 Å². The molecule has 6 heteroatoms. The monoisotopic (exact) mass is 217 g/mol. The quantitative estimate of drug-likeness (QED) is 0.790. The summed E-state index contributed by atoms with van der Waals surface area (Å²) in [5.41, 5.74) is 0.509. The Hall–Kier alpha value is -2.24. The zero-order chi connectivity index (χ0) is 11.4. The van der Waals surface area contributed by atoms with Gasteiger partial charge in [0.05, 0.1) is 11.9 Å². The molecule has 0 aromatic carbocycles. The fourth-order valence-electron chi connectivity index (χ4n) is 1.23. The van der Waals surface area contributed by atoms with Gasteiger partial charge in [-0.25, -0.2) is 14.6 Å². The van der Waals surface area contributed by atoms with Crippen LogP contribution >= 0.6 is 0 Å². The van der Waals surface area contributed by atoms with Crippen molar-refractivity contribution in [2.75, 3.05) is 12.4 Å². The summed E-state index contributed by atoms with van der Waals surface area (Å²) in [6.45, 7) is 0.281. The molecular formula is C10H11N5O. The molecule has 2 aromatic heterocycles. The van der Waals surface area contributed by atoms with Crippen LogP contribution in [0.15, 0.2) is 35.5 Å². The van der Waals surface area contributed by atoms with Crippen molar-refractivity contribution >= 4 is 5.69 Å². The number of hydrogen-bond acceptors (Lipinski definition) is 5. The van der Waals surface area contributed by atoms with Gasteiger partial charge in [-0.1, -0.05) is 0 Å². The molecule has 0 radical (unpaired) electrons. The van der Waals surface area contributed by atoms with E-state index >= 15 is 0 Å². The van der Waals surface area contributed by atoms with Gasteiger partial charge in [-0.05, 0) is 6.07 Å². The summed E-state index contributed by atoms with van der Waals surface area (Å²) in [6.07, 6.45) is 4.86. The van der Waals surface area contributed by atoms with Gasteiger partial charge in [-0.15, -0.1) is 0 Å². The average Bonchev–Trinajstić information content (AvgIpc) is 2.33. The lowest BCUT2D eigenvalue weighted by atomic mass is 10.4. The minimum Gasteiger partial charge on any atom is -0.387 e. The van der Waals surface area contributed by atoms with Crippen LogP contribution in [0, 0.1) is 0 Å². The van der Waals surface area contributed by atoms with Crippen molar-refractivity contribution in [2.24, 2.45) is 0 Å². The van der Waals surface area contributed by atoms with Gasteiger partial charge in [-0.3, -0.25) is 4.79 Å². The first kappa shape index (κ1) is 10.3. The minimum atomic E-state index is -0.181. The molecule has 2 aromatic rings. The number of rotatable bonds is 3. The molecule has 0 saturated carbocycles. The van der Waals surface area contributed by atoms with Gasteiger partial charge in [0, 0.05) is 25.5 Å². The third-order valence-corrected chi connectivity index (χ3v) is 2.07. The van der Waals surface area contributed by atoms with Crippen molar-refractivity contribution in [3.05, 3.63) is 46.9 Å². The van der Waals surface area contributed by atoms with Crippen LogP contribution in [-0.2, 0) is 6.54 Å². The lowest BCUT2D eigenvalue weighted by molar-refractivity contribution is 0.615. The van der Waals surface area contributed by atoms with Crippen LogP contribution in [0.5, 0.6) is 0 Å². The second kappa shape index (κ2) is 4.52. The van der Waals surface area contributed by atoms with Crippen LogP contribution in [0.2, 0.25) is 0 Å². The lowest BCUT2D eigenvalue weighted by Gasteiger charge is -2.04. The Kier molecular flexibility index (Phi) is 2.90. The molecular weight excluding hydrogens is 206 g/mol.